The minimum atomic E-state index is -0.0733. The summed E-state index contributed by atoms with van der Waals surface area (Å²) >= 11 is 0. The third-order valence-corrected chi connectivity index (χ3v) is 5.92. The largest absolute Gasteiger partial charge is 0.487 e. The first-order valence-electron chi connectivity index (χ1n) is 10.8. The topological polar surface area (TPSA) is 61.9 Å². The number of carbonyl (C=O) groups excluding carboxylic acids is 2. The first-order chi connectivity index (χ1) is 14.5. The summed E-state index contributed by atoms with van der Waals surface area (Å²) in [7, 11) is 0. The molecule has 4 rings (SSSR count). The number of urea groups is 1. The van der Waals surface area contributed by atoms with Crippen LogP contribution in [-0.4, -0.2) is 42.6 Å². The number of nitrogens with zero attached hydrogens (tertiary/aromatic N) is 2. The van der Waals surface area contributed by atoms with Crippen LogP contribution in [0.5, 0.6) is 5.75 Å². The van der Waals surface area contributed by atoms with Crippen molar-refractivity contribution in [2.24, 2.45) is 5.92 Å². The van der Waals surface area contributed by atoms with E-state index in [9.17, 15) is 9.59 Å². The van der Waals surface area contributed by atoms with E-state index in [0.29, 0.717) is 32.5 Å². The van der Waals surface area contributed by atoms with E-state index < -0.39 is 0 Å². The summed E-state index contributed by atoms with van der Waals surface area (Å²) in [5, 5.41) is 3.02. The van der Waals surface area contributed by atoms with E-state index in [0.717, 1.165) is 23.5 Å². The maximum atomic E-state index is 13.2. The summed E-state index contributed by atoms with van der Waals surface area (Å²) in [5.41, 5.74) is 2.89. The number of carbonyl (C=O) groups is 2. The molecule has 1 saturated heterocycles. The summed E-state index contributed by atoms with van der Waals surface area (Å²) in [6.45, 7) is 5.78. The van der Waals surface area contributed by atoms with Gasteiger partial charge in [-0.05, 0) is 56.0 Å². The fourth-order valence-corrected chi connectivity index (χ4v) is 4.14. The van der Waals surface area contributed by atoms with Crippen molar-refractivity contribution in [3.63, 3.8) is 0 Å². The molecule has 6 nitrogen and oxygen atoms in total. The van der Waals surface area contributed by atoms with Gasteiger partial charge in [0, 0.05) is 24.7 Å². The lowest BCUT2D eigenvalue weighted by Crippen LogP contribution is -2.51. The van der Waals surface area contributed by atoms with E-state index in [1.807, 2.05) is 60.4 Å². The van der Waals surface area contributed by atoms with Gasteiger partial charge in [0.2, 0.25) is 5.91 Å². The van der Waals surface area contributed by atoms with E-state index in [1.54, 1.807) is 4.90 Å². The predicted molar refractivity (Wildman–Crippen MR) is 118 cm³/mol. The number of anilines is 2. The van der Waals surface area contributed by atoms with Crippen LogP contribution in [0, 0.1) is 5.92 Å². The first kappa shape index (κ1) is 20.3. The van der Waals surface area contributed by atoms with Crippen LogP contribution in [0.25, 0.3) is 0 Å². The quantitative estimate of drug-likeness (QED) is 0.825. The Labute approximate surface area is 177 Å². The molecule has 0 spiro atoms. The number of piperidine rings is 1. The van der Waals surface area contributed by atoms with Crippen molar-refractivity contribution < 1.29 is 14.3 Å². The molecule has 2 aliphatic heterocycles. The number of para-hydroxylation sites is 2. The van der Waals surface area contributed by atoms with Crippen molar-refractivity contribution in [2.45, 2.75) is 39.2 Å². The molecular formula is C24H29N3O3. The number of likely N-dealkylation sites (tertiary alicyclic amines) is 1. The normalized spacial score (nSPS) is 19.1. The number of ether oxygens (including phenoxy) is 1. The lowest BCUT2D eigenvalue weighted by atomic mass is 9.96. The van der Waals surface area contributed by atoms with Gasteiger partial charge in [-0.1, -0.05) is 31.2 Å². The molecular weight excluding hydrogens is 378 g/mol. The molecule has 0 bridgehead atoms. The van der Waals surface area contributed by atoms with Gasteiger partial charge < -0.3 is 15.0 Å². The van der Waals surface area contributed by atoms with Crippen LogP contribution in [-0.2, 0) is 11.2 Å². The smallest absolute Gasteiger partial charge is 0.324 e. The van der Waals surface area contributed by atoms with Gasteiger partial charge >= 0.3 is 6.03 Å². The van der Waals surface area contributed by atoms with Crippen molar-refractivity contribution in [2.75, 3.05) is 29.9 Å². The molecule has 0 aliphatic carbocycles. The standard InChI is InChI=1S/C24H29N3O3/c1-3-18-8-10-20(11-9-18)25-23(28)19-12-14-26(15-13-19)24(29)27-16-17(2)30-22-7-5-4-6-21(22)27/h4-11,17,19H,3,12-16H2,1-2H3,(H,25,28). The lowest BCUT2D eigenvalue weighted by Gasteiger charge is -2.39. The Morgan fingerprint density at radius 3 is 2.47 bits per heavy atom. The fraction of sp³-hybridized carbons (Fsp3) is 0.417. The lowest BCUT2D eigenvalue weighted by molar-refractivity contribution is -0.121. The number of fused-ring (bicyclic) bond motifs is 1. The van der Waals surface area contributed by atoms with Crippen molar-refractivity contribution >= 4 is 23.3 Å². The zero-order chi connectivity index (χ0) is 21.1. The number of hydrogen-bond acceptors (Lipinski definition) is 3. The Kier molecular flexibility index (Phi) is 5.93. The Hall–Kier alpha value is -3.02. The van der Waals surface area contributed by atoms with Crippen molar-refractivity contribution in [1.29, 1.82) is 0 Å². The molecule has 2 aromatic carbocycles. The van der Waals surface area contributed by atoms with Crippen LogP contribution in [0.15, 0.2) is 48.5 Å². The minimum absolute atomic E-state index is 0.00777. The number of nitrogens with one attached hydrogen (secondary N) is 1. The van der Waals surface area contributed by atoms with Crippen LogP contribution in [0.4, 0.5) is 16.2 Å². The average Bonchev–Trinajstić information content (AvgIpc) is 2.78. The SMILES string of the molecule is CCc1ccc(NC(=O)C2CCN(C(=O)N3CC(C)Oc4ccccc43)CC2)cc1. The van der Waals surface area contributed by atoms with Crippen LogP contribution >= 0.6 is 0 Å². The molecule has 0 saturated carbocycles. The molecule has 1 unspecified atom stereocenters. The van der Waals surface area contributed by atoms with E-state index >= 15 is 0 Å². The Bertz CT molecular complexity index is 904. The number of rotatable bonds is 3. The highest BCUT2D eigenvalue weighted by Gasteiger charge is 2.33. The van der Waals surface area contributed by atoms with Gasteiger partial charge in [0.05, 0.1) is 12.2 Å². The Morgan fingerprint density at radius 1 is 1.07 bits per heavy atom. The zero-order valence-electron chi connectivity index (χ0n) is 17.6. The second-order valence-electron chi connectivity index (χ2n) is 8.09. The van der Waals surface area contributed by atoms with Gasteiger partial charge in [0.25, 0.3) is 0 Å². The predicted octanol–water partition coefficient (Wildman–Crippen LogP) is 4.31. The van der Waals surface area contributed by atoms with Crippen molar-refractivity contribution in [3.8, 4) is 5.75 Å². The summed E-state index contributed by atoms with van der Waals surface area (Å²) < 4.78 is 5.85. The molecule has 2 aromatic rings. The highest BCUT2D eigenvalue weighted by molar-refractivity contribution is 5.95. The van der Waals surface area contributed by atoms with E-state index in [4.69, 9.17) is 4.74 Å². The molecule has 6 heteroatoms. The monoisotopic (exact) mass is 407 g/mol. The molecule has 158 valence electrons. The summed E-state index contributed by atoms with van der Waals surface area (Å²) in [5.74, 6) is 0.709. The summed E-state index contributed by atoms with van der Waals surface area (Å²) in [4.78, 5) is 29.5. The van der Waals surface area contributed by atoms with E-state index in [-0.39, 0.29) is 24.0 Å². The second-order valence-corrected chi connectivity index (χ2v) is 8.09. The van der Waals surface area contributed by atoms with Crippen LogP contribution in [0.1, 0.15) is 32.3 Å². The third kappa shape index (κ3) is 4.27. The van der Waals surface area contributed by atoms with Gasteiger partial charge in [0.15, 0.2) is 0 Å². The van der Waals surface area contributed by atoms with Crippen LogP contribution in [0.2, 0.25) is 0 Å². The number of aryl methyl sites for hydroxylation is 1. The van der Waals surface area contributed by atoms with E-state index in [1.165, 1.54) is 5.56 Å². The van der Waals surface area contributed by atoms with Gasteiger partial charge in [0.1, 0.15) is 11.9 Å². The van der Waals surface area contributed by atoms with E-state index in [2.05, 4.69) is 12.2 Å². The highest BCUT2D eigenvalue weighted by Crippen LogP contribution is 2.34. The van der Waals surface area contributed by atoms with Gasteiger partial charge in [-0.15, -0.1) is 0 Å². The van der Waals surface area contributed by atoms with Crippen molar-refractivity contribution in [1.82, 2.24) is 4.90 Å². The fourth-order valence-electron chi connectivity index (χ4n) is 4.14. The maximum absolute atomic E-state index is 13.2. The average molecular weight is 408 g/mol. The second kappa shape index (κ2) is 8.78. The molecule has 2 aliphatic rings. The maximum Gasteiger partial charge on any atom is 0.324 e. The molecule has 2 heterocycles. The summed E-state index contributed by atoms with van der Waals surface area (Å²) in [6.07, 6.45) is 2.28. The minimum Gasteiger partial charge on any atom is -0.487 e. The van der Waals surface area contributed by atoms with Gasteiger partial charge in [-0.3, -0.25) is 9.69 Å². The molecule has 1 atom stereocenters. The molecule has 30 heavy (non-hydrogen) atoms. The molecule has 0 aromatic heterocycles. The summed E-state index contributed by atoms with van der Waals surface area (Å²) in [6, 6.07) is 15.6. The first-order valence-corrected chi connectivity index (χ1v) is 10.8. The van der Waals surface area contributed by atoms with Crippen LogP contribution < -0.4 is 15.0 Å². The third-order valence-electron chi connectivity index (χ3n) is 5.92. The number of hydrogen-bond donors (Lipinski definition) is 1. The van der Waals surface area contributed by atoms with Gasteiger partial charge in [-0.25, -0.2) is 4.79 Å². The molecule has 1 fully saturated rings. The Morgan fingerprint density at radius 2 is 1.77 bits per heavy atom. The molecule has 3 amide bonds. The molecule has 0 radical (unpaired) electrons. The zero-order valence-corrected chi connectivity index (χ0v) is 17.6. The number of amides is 3. The van der Waals surface area contributed by atoms with Crippen molar-refractivity contribution in [3.05, 3.63) is 54.1 Å². The van der Waals surface area contributed by atoms with Gasteiger partial charge in [-0.2, -0.15) is 0 Å². The number of benzene rings is 2. The Balaban J connectivity index is 1.35. The van der Waals surface area contributed by atoms with Crippen LogP contribution in [0.3, 0.4) is 0 Å². The molecule has 1 N–H and O–H groups in total. The highest BCUT2D eigenvalue weighted by atomic mass is 16.5.